The Kier molecular flexibility index (Phi) is 5.22. The van der Waals surface area contributed by atoms with Gasteiger partial charge in [0.25, 0.3) is 5.91 Å². The summed E-state index contributed by atoms with van der Waals surface area (Å²) in [4.78, 5) is 16.9. The highest BCUT2D eigenvalue weighted by molar-refractivity contribution is 6.42. The highest BCUT2D eigenvalue weighted by Crippen LogP contribution is 2.26. The average molecular weight is 372 g/mol. The highest BCUT2D eigenvalue weighted by atomic mass is 35.5. The van der Waals surface area contributed by atoms with E-state index in [0.717, 1.165) is 11.3 Å². The molecular weight excluding hydrogens is 357 g/mol. The van der Waals surface area contributed by atoms with Gasteiger partial charge in [-0.1, -0.05) is 41.4 Å². The number of amides is 1. The van der Waals surface area contributed by atoms with E-state index >= 15 is 0 Å². The van der Waals surface area contributed by atoms with Crippen LogP contribution in [-0.4, -0.2) is 10.9 Å². The molecule has 3 rings (SSSR count). The summed E-state index contributed by atoms with van der Waals surface area (Å²) in [6.45, 7) is 1.99. The second kappa shape index (κ2) is 7.55. The van der Waals surface area contributed by atoms with E-state index in [1.165, 1.54) is 0 Å². The molecule has 0 atom stereocenters. The maximum absolute atomic E-state index is 12.6. The van der Waals surface area contributed by atoms with Crippen molar-refractivity contribution in [3.8, 4) is 0 Å². The molecule has 2 N–H and O–H groups in total. The minimum absolute atomic E-state index is 0.289. The molecule has 0 unspecified atom stereocenters. The van der Waals surface area contributed by atoms with Crippen LogP contribution in [0.25, 0.3) is 0 Å². The number of para-hydroxylation sites is 1. The number of carbonyl (C=O) groups excluding carboxylic acids is 1. The zero-order chi connectivity index (χ0) is 17.8. The minimum Gasteiger partial charge on any atom is -0.339 e. The molecule has 0 spiro atoms. The Hall–Kier alpha value is -2.56. The molecule has 0 saturated carbocycles. The van der Waals surface area contributed by atoms with Gasteiger partial charge in [0.2, 0.25) is 0 Å². The lowest BCUT2D eigenvalue weighted by Gasteiger charge is -2.13. The number of benzene rings is 2. The maximum atomic E-state index is 12.6. The largest absolute Gasteiger partial charge is 0.339 e. The molecule has 1 amide bonds. The van der Waals surface area contributed by atoms with Gasteiger partial charge < -0.3 is 10.6 Å². The molecule has 0 fully saturated rings. The van der Waals surface area contributed by atoms with Gasteiger partial charge in [-0.3, -0.25) is 4.79 Å². The van der Waals surface area contributed by atoms with Gasteiger partial charge in [0.1, 0.15) is 5.82 Å². The molecule has 1 heterocycles. The smallest absolute Gasteiger partial charge is 0.259 e. The van der Waals surface area contributed by atoms with Crippen LogP contribution < -0.4 is 10.6 Å². The number of pyridine rings is 1. The normalized spacial score (nSPS) is 10.4. The fourth-order valence-electron chi connectivity index (χ4n) is 2.30. The first kappa shape index (κ1) is 17.3. The number of carbonyl (C=O) groups is 1. The third-order valence-corrected chi connectivity index (χ3v) is 4.37. The van der Waals surface area contributed by atoms with Gasteiger partial charge in [-0.25, -0.2) is 4.98 Å². The lowest BCUT2D eigenvalue weighted by molar-refractivity contribution is 0.102. The molecule has 2 aromatic carbocycles. The fourth-order valence-corrected chi connectivity index (χ4v) is 2.60. The zero-order valence-electron chi connectivity index (χ0n) is 13.4. The number of aryl methyl sites for hydroxylation is 1. The Morgan fingerprint density at radius 2 is 1.80 bits per heavy atom. The first-order valence-electron chi connectivity index (χ1n) is 7.58. The van der Waals surface area contributed by atoms with Gasteiger partial charge in [-0.15, -0.1) is 0 Å². The third kappa shape index (κ3) is 4.10. The molecule has 4 nitrogen and oxygen atoms in total. The van der Waals surface area contributed by atoms with Crippen LogP contribution in [0.15, 0.2) is 60.8 Å². The van der Waals surface area contributed by atoms with Gasteiger partial charge in [0, 0.05) is 17.6 Å². The zero-order valence-corrected chi connectivity index (χ0v) is 14.9. The van der Waals surface area contributed by atoms with Crippen LogP contribution in [0.4, 0.5) is 17.2 Å². The van der Waals surface area contributed by atoms with E-state index in [1.807, 2.05) is 31.2 Å². The maximum Gasteiger partial charge on any atom is 0.259 e. The van der Waals surface area contributed by atoms with Crippen LogP contribution in [0.3, 0.4) is 0 Å². The van der Waals surface area contributed by atoms with E-state index in [9.17, 15) is 4.79 Å². The number of rotatable bonds is 4. The molecule has 25 heavy (non-hydrogen) atoms. The number of nitrogens with zero attached hydrogens (tertiary/aromatic N) is 1. The third-order valence-electron chi connectivity index (χ3n) is 3.63. The average Bonchev–Trinajstić information content (AvgIpc) is 2.60. The predicted octanol–water partition coefficient (Wildman–Crippen LogP) is 5.69. The second-order valence-corrected chi connectivity index (χ2v) is 6.24. The summed E-state index contributed by atoms with van der Waals surface area (Å²) >= 11 is 11.9. The Balaban J connectivity index is 1.86. The van der Waals surface area contributed by atoms with Gasteiger partial charge in [-0.05, 0) is 48.9 Å². The standard InChI is InChI=1S/C19H15Cl2N3O/c1-12-5-2-3-7-17(12)24-18-14(6-4-10-22-18)19(25)23-13-8-9-15(20)16(21)11-13/h2-11H,1H3,(H,22,24)(H,23,25). The summed E-state index contributed by atoms with van der Waals surface area (Å²) < 4.78 is 0. The van der Waals surface area contributed by atoms with E-state index < -0.39 is 0 Å². The van der Waals surface area contributed by atoms with Crippen LogP contribution in [0.5, 0.6) is 0 Å². The van der Waals surface area contributed by atoms with Crippen molar-refractivity contribution in [3.63, 3.8) is 0 Å². The molecule has 0 aliphatic carbocycles. The molecule has 0 saturated heterocycles. The number of nitrogens with one attached hydrogen (secondary N) is 2. The van der Waals surface area contributed by atoms with Crippen molar-refractivity contribution >= 4 is 46.3 Å². The number of aromatic nitrogens is 1. The molecule has 0 aliphatic rings. The SMILES string of the molecule is Cc1ccccc1Nc1ncccc1C(=O)Nc1ccc(Cl)c(Cl)c1. The lowest BCUT2D eigenvalue weighted by Crippen LogP contribution is -2.14. The van der Waals surface area contributed by atoms with Crippen molar-refractivity contribution in [1.29, 1.82) is 0 Å². The molecule has 3 aromatic rings. The van der Waals surface area contributed by atoms with E-state index in [2.05, 4.69) is 15.6 Å². The summed E-state index contributed by atoms with van der Waals surface area (Å²) in [5.41, 5.74) is 2.94. The molecule has 0 bridgehead atoms. The monoisotopic (exact) mass is 371 g/mol. The van der Waals surface area contributed by atoms with E-state index in [-0.39, 0.29) is 5.91 Å². The molecule has 6 heteroatoms. The van der Waals surface area contributed by atoms with Crippen molar-refractivity contribution in [2.24, 2.45) is 0 Å². The Labute approximate surface area is 155 Å². The van der Waals surface area contributed by atoms with Crippen molar-refractivity contribution in [2.45, 2.75) is 6.92 Å². The van der Waals surface area contributed by atoms with Crippen LogP contribution >= 0.6 is 23.2 Å². The lowest BCUT2D eigenvalue weighted by atomic mass is 10.2. The number of hydrogen-bond donors (Lipinski definition) is 2. The predicted molar refractivity (Wildman–Crippen MR) is 103 cm³/mol. The molecule has 0 radical (unpaired) electrons. The fraction of sp³-hybridized carbons (Fsp3) is 0.0526. The summed E-state index contributed by atoms with van der Waals surface area (Å²) in [5.74, 6) is 0.192. The van der Waals surface area contributed by atoms with E-state index in [0.29, 0.717) is 27.1 Å². The van der Waals surface area contributed by atoms with Crippen molar-refractivity contribution < 1.29 is 4.79 Å². The summed E-state index contributed by atoms with van der Waals surface area (Å²) in [6, 6.07) is 16.2. The van der Waals surface area contributed by atoms with E-state index in [4.69, 9.17) is 23.2 Å². The van der Waals surface area contributed by atoms with Crippen molar-refractivity contribution in [3.05, 3.63) is 82.0 Å². The van der Waals surface area contributed by atoms with Gasteiger partial charge in [-0.2, -0.15) is 0 Å². The summed E-state index contributed by atoms with van der Waals surface area (Å²) in [6.07, 6.45) is 1.64. The number of anilines is 3. The van der Waals surface area contributed by atoms with Crippen molar-refractivity contribution in [2.75, 3.05) is 10.6 Å². The van der Waals surface area contributed by atoms with Crippen LogP contribution in [0.2, 0.25) is 10.0 Å². The Morgan fingerprint density at radius 3 is 2.56 bits per heavy atom. The van der Waals surface area contributed by atoms with Gasteiger partial charge in [0.15, 0.2) is 0 Å². The molecule has 126 valence electrons. The van der Waals surface area contributed by atoms with Crippen LogP contribution in [-0.2, 0) is 0 Å². The summed E-state index contributed by atoms with van der Waals surface area (Å²) in [7, 11) is 0. The van der Waals surface area contributed by atoms with Gasteiger partial charge in [0.05, 0.1) is 15.6 Å². The van der Waals surface area contributed by atoms with Crippen LogP contribution in [0.1, 0.15) is 15.9 Å². The summed E-state index contributed by atoms with van der Waals surface area (Å²) in [5, 5.41) is 6.83. The Morgan fingerprint density at radius 1 is 1.00 bits per heavy atom. The molecule has 0 aliphatic heterocycles. The molecule has 1 aromatic heterocycles. The Bertz CT molecular complexity index is 928. The topological polar surface area (TPSA) is 54.0 Å². The second-order valence-electron chi connectivity index (χ2n) is 5.42. The quantitative estimate of drug-likeness (QED) is 0.618. The van der Waals surface area contributed by atoms with Crippen LogP contribution in [0, 0.1) is 6.92 Å². The van der Waals surface area contributed by atoms with E-state index in [1.54, 1.807) is 36.5 Å². The van der Waals surface area contributed by atoms with Gasteiger partial charge >= 0.3 is 0 Å². The highest BCUT2D eigenvalue weighted by Gasteiger charge is 2.14. The number of halogens is 2. The first-order chi connectivity index (χ1) is 12.0. The molecular formula is C19H15Cl2N3O. The number of hydrogen-bond acceptors (Lipinski definition) is 3. The first-order valence-corrected chi connectivity index (χ1v) is 8.34. The minimum atomic E-state index is -0.289. The van der Waals surface area contributed by atoms with Crippen molar-refractivity contribution in [1.82, 2.24) is 4.98 Å².